The van der Waals surface area contributed by atoms with E-state index in [9.17, 15) is 13.2 Å². The van der Waals surface area contributed by atoms with Crippen molar-refractivity contribution in [1.82, 2.24) is 19.3 Å². The van der Waals surface area contributed by atoms with Gasteiger partial charge >= 0.3 is 0 Å². The first-order chi connectivity index (χ1) is 16.1. The fourth-order valence-corrected chi connectivity index (χ4v) is 4.50. The van der Waals surface area contributed by atoms with Crippen LogP contribution in [0.2, 0.25) is 0 Å². The summed E-state index contributed by atoms with van der Waals surface area (Å²) in [7, 11) is -3.31. The predicted molar refractivity (Wildman–Crippen MR) is 127 cm³/mol. The lowest BCUT2D eigenvalue weighted by Gasteiger charge is -2.30. The van der Waals surface area contributed by atoms with Gasteiger partial charge in [-0.3, -0.25) is 9.78 Å². The first-order valence-electron chi connectivity index (χ1n) is 10.8. The third-order valence-electron chi connectivity index (χ3n) is 5.92. The molecule has 4 rings (SSSR count). The van der Waals surface area contributed by atoms with Crippen LogP contribution in [0.25, 0.3) is 22.3 Å². The van der Waals surface area contributed by atoms with Gasteiger partial charge in [-0.25, -0.2) is 18.4 Å². The van der Waals surface area contributed by atoms with Crippen molar-refractivity contribution in [1.29, 1.82) is 0 Å². The van der Waals surface area contributed by atoms with Crippen LogP contribution in [0, 0.1) is 0 Å². The molecule has 2 N–H and O–H groups in total. The lowest BCUT2D eigenvalue weighted by Crippen LogP contribution is -2.47. The molecule has 3 aromatic rings. The summed E-state index contributed by atoms with van der Waals surface area (Å²) < 4.78 is 36.8. The summed E-state index contributed by atoms with van der Waals surface area (Å²) >= 11 is 0. The molecule has 1 fully saturated rings. The standard InChI is InChI=1S/C23H27N5O5S/c1-23(2,22(24)29)16-6-4-15(5-7-16)18-12-19-20(26-9-8-25-19)21(27-18)33-14-17-13-28(10-11-32-17)34(3,30)31/h4-9,12,17H,10-11,13-14H2,1-3H3,(H2,24,29)/t17-/m0/s1. The number of benzene rings is 1. The fraction of sp³-hybridized carbons (Fsp3) is 0.391. The molecule has 0 bridgehead atoms. The summed E-state index contributed by atoms with van der Waals surface area (Å²) in [5, 5.41) is 0. The molecule has 0 radical (unpaired) electrons. The molecule has 2 aromatic heterocycles. The number of carbonyl (C=O) groups excluding carboxylic acids is 1. The Morgan fingerprint density at radius 1 is 1.24 bits per heavy atom. The maximum atomic E-state index is 11.9. The van der Waals surface area contributed by atoms with Crippen LogP contribution in [0.1, 0.15) is 19.4 Å². The van der Waals surface area contributed by atoms with E-state index >= 15 is 0 Å². The molecular weight excluding hydrogens is 458 g/mol. The number of ether oxygens (including phenoxy) is 2. The van der Waals surface area contributed by atoms with Gasteiger partial charge in [0.25, 0.3) is 0 Å². The van der Waals surface area contributed by atoms with E-state index in [-0.39, 0.29) is 19.0 Å². The largest absolute Gasteiger partial charge is 0.473 e. The second-order valence-corrected chi connectivity index (χ2v) is 10.7. The summed E-state index contributed by atoms with van der Waals surface area (Å²) in [4.78, 5) is 25.2. The summed E-state index contributed by atoms with van der Waals surface area (Å²) in [6, 6.07) is 9.23. The fourth-order valence-electron chi connectivity index (χ4n) is 3.66. The molecule has 1 saturated heterocycles. The number of nitrogens with two attached hydrogens (primary N) is 1. The molecule has 1 aliphatic rings. The topological polar surface area (TPSA) is 138 Å². The number of fused-ring (bicyclic) bond motifs is 1. The third kappa shape index (κ3) is 5.01. The van der Waals surface area contributed by atoms with Crippen LogP contribution in [-0.2, 0) is 25.0 Å². The average molecular weight is 486 g/mol. The number of aromatic nitrogens is 3. The van der Waals surface area contributed by atoms with Crippen molar-refractivity contribution in [2.45, 2.75) is 25.4 Å². The van der Waals surface area contributed by atoms with E-state index in [1.807, 2.05) is 30.3 Å². The molecule has 0 aliphatic carbocycles. The van der Waals surface area contributed by atoms with Crippen LogP contribution in [0.5, 0.6) is 5.88 Å². The maximum absolute atomic E-state index is 11.9. The highest BCUT2D eigenvalue weighted by Crippen LogP contribution is 2.29. The highest BCUT2D eigenvalue weighted by molar-refractivity contribution is 7.88. The van der Waals surface area contributed by atoms with Crippen molar-refractivity contribution < 1.29 is 22.7 Å². The number of rotatable bonds is 7. The Kier molecular flexibility index (Phi) is 6.52. The SMILES string of the molecule is CC(C)(C(N)=O)c1ccc(-c2cc3nccnc3c(OC[C@@H]3CN(S(C)(=O)=O)CCO3)n2)cc1. The molecular formula is C23H27N5O5S. The third-order valence-corrected chi connectivity index (χ3v) is 7.19. The number of sulfonamides is 1. The van der Waals surface area contributed by atoms with Crippen molar-refractivity contribution in [2.24, 2.45) is 5.73 Å². The zero-order chi connectivity index (χ0) is 24.5. The van der Waals surface area contributed by atoms with E-state index in [4.69, 9.17) is 15.2 Å². The molecule has 180 valence electrons. The van der Waals surface area contributed by atoms with Crippen molar-refractivity contribution >= 4 is 27.0 Å². The quantitative estimate of drug-likeness (QED) is 0.531. The minimum atomic E-state index is -3.31. The van der Waals surface area contributed by atoms with Gasteiger partial charge in [-0.15, -0.1) is 0 Å². The summed E-state index contributed by atoms with van der Waals surface area (Å²) in [5.74, 6) is -0.128. The molecule has 0 spiro atoms. The molecule has 1 atom stereocenters. The van der Waals surface area contributed by atoms with E-state index in [0.29, 0.717) is 29.9 Å². The van der Waals surface area contributed by atoms with Crippen molar-refractivity contribution in [3.63, 3.8) is 0 Å². The van der Waals surface area contributed by atoms with E-state index in [1.165, 1.54) is 10.6 Å². The molecule has 1 amide bonds. The van der Waals surface area contributed by atoms with Crippen molar-refractivity contribution in [3.05, 3.63) is 48.3 Å². The van der Waals surface area contributed by atoms with Crippen LogP contribution in [0.4, 0.5) is 0 Å². The van der Waals surface area contributed by atoms with Crippen LogP contribution in [0.3, 0.4) is 0 Å². The maximum Gasteiger partial charge on any atom is 0.242 e. The lowest BCUT2D eigenvalue weighted by molar-refractivity contribution is -0.122. The van der Waals surface area contributed by atoms with Crippen LogP contribution in [-0.4, -0.2) is 72.2 Å². The zero-order valence-electron chi connectivity index (χ0n) is 19.3. The molecule has 34 heavy (non-hydrogen) atoms. The molecule has 3 heterocycles. The van der Waals surface area contributed by atoms with Crippen molar-refractivity contribution in [3.8, 4) is 17.1 Å². The van der Waals surface area contributed by atoms with Gasteiger partial charge in [0.1, 0.15) is 12.7 Å². The number of primary amides is 1. The highest BCUT2D eigenvalue weighted by Gasteiger charge is 2.28. The van der Waals surface area contributed by atoms with E-state index in [0.717, 1.165) is 11.1 Å². The Morgan fingerprint density at radius 3 is 2.62 bits per heavy atom. The number of hydrogen-bond acceptors (Lipinski definition) is 8. The van der Waals surface area contributed by atoms with Gasteiger partial charge < -0.3 is 15.2 Å². The van der Waals surface area contributed by atoms with Crippen LogP contribution >= 0.6 is 0 Å². The minimum absolute atomic E-state index is 0.111. The average Bonchev–Trinajstić information content (AvgIpc) is 2.82. The Bertz CT molecular complexity index is 1310. The predicted octanol–water partition coefficient (Wildman–Crippen LogP) is 1.49. The van der Waals surface area contributed by atoms with E-state index < -0.39 is 27.4 Å². The van der Waals surface area contributed by atoms with Crippen LogP contribution in [0.15, 0.2) is 42.7 Å². The number of hydrogen-bond donors (Lipinski definition) is 1. The first-order valence-corrected chi connectivity index (χ1v) is 12.6. The van der Waals surface area contributed by atoms with Gasteiger partial charge in [-0.05, 0) is 25.5 Å². The highest BCUT2D eigenvalue weighted by atomic mass is 32.2. The Morgan fingerprint density at radius 2 is 1.94 bits per heavy atom. The number of nitrogens with zero attached hydrogens (tertiary/aromatic N) is 4. The smallest absolute Gasteiger partial charge is 0.242 e. The lowest BCUT2D eigenvalue weighted by atomic mass is 9.83. The molecule has 1 aromatic carbocycles. The number of pyridine rings is 1. The Hall–Kier alpha value is -3.15. The molecule has 10 nitrogen and oxygen atoms in total. The second-order valence-electron chi connectivity index (χ2n) is 8.73. The second kappa shape index (κ2) is 9.24. The Labute approximate surface area is 198 Å². The van der Waals surface area contributed by atoms with Crippen LogP contribution < -0.4 is 10.5 Å². The van der Waals surface area contributed by atoms with Gasteiger partial charge in [-0.2, -0.15) is 4.31 Å². The number of amides is 1. The monoisotopic (exact) mass is 485 g/mol. The van der Waals surface area contributed by atoms with E-state index in [1.54, 1.807) is 26.2 Å². The zero-order valence-corrected chi connectivity index (χ0v) is 20.1. The van der Waals surface area contributed by atoms with E-state index in [2.05, 4.69) is 15.0 Å². The van der Waals surface area contributed by atoms with Gasteiger partial charge in [0.2, 0.25) is 21.8 Å². The number of morpholine rings is 1. The molecule has 0 saturated carbocycles. The Balaban J connectivity index is 1.61. The van der Waals surface area contributed by atoms with Gasteiger partial charge in [0.05, 0.1) is 29.5 Å². The molecule has 11 heteroatoms. The summed E-state index contributed by atoms with van der Waals surface area (Å²) in [6.45, 7) is 4.49. The van der Waals surface area contributed by atoms with Crippen molar-refractivity contribution in [2.75, 3.05) is 32.6 Å². The first kappa shape index (κ1) is 24.0. The normalized spacial score (nSPS) is 17.6. The summed E-state index contributed by atoms with van der Waals surface area (Å²) in [6.07, 6.45) is 3.89. The number of carbonyl (C=O) groups is 1. The van der Waals surface area contributed by atoms with Gasteiger partial charge in [0, 0.05) is 31.0 Å². The van der Waals surface area contributed by atoms with Gasteiger partial charge in [0.15, 0.2) is 5.52 Å². The summed E-state index contributed by atoms with van der Waals surface area (Å²) in [5.41, 5.74) is 8.05. The van der Waals surface area contributed by atoms with Gasteiger partial charge in [-0.1, -0.05) is 24.3 Å². The molecule has 0 unspecified atom stereocenters. The molecule has 1 aliphatic heterocycles. The minimum Gasteiger partial charge on any atom is -0.473 e.